The normalized spacial score (nSPS) is 12.3. The fourth-order valence-corrected chi connectivity index (χ4v) is 3.51. The van der Waals surface area contributed by atoms with Gasteiger partial charge in [0.15, 0.2) is 0 Å². The summed E-state index contributed by atoms with van der Waals surface area (Å²) >= 11 is 0. The van der Waals surface area contributed by atoms with Gasteiger partial charge >= 0.3 is 0 Å². The van der Waals surface area contributed by atoms with Crippen LogP contribution in [0.15, 0.2) is 28.0 Å². The van der Waals surface area contributed by atoms with E-state index in [-0.39, 0.29) is 16.5 Å². The number of hydrogen-bond donors (Lipinski definition) is 1. The first-order chi connectivity index (χ1) is 8.89. The molecule has 5 nitrogen and oxygen atoms in total. The van der Waals surface area contributed by atoms with Gasteiger partial charge in [0.05, 0.1) is 4.90 Å². The van der Waals surface area contributed by atoms with E-state index >= 15 is 0 Å². The van der Waals surface area contributed by atoms with Gasteiger partial charge in [-0.15, -0.1) is 0 Å². The van der Waals surface area contributed by atoms with Crippen molar-refractivity contribution >= 4 is 10.0 Å². The molecule has 1 heterocycles. The highest BCUT2D eigenvalue weighted by atomic mass is 32.2. The van der Waals surface area contributed by atoms with E-state index in [4.69, 9.17) is 0 Å². The number of sulfonamides is 1. The minimum absolute atomic E-state index is 0.103. The number of aromatic amines is 1. The maximum absolute atomic E-state index is 12.5. The Morgan fingerprint density at radius 3 is 2.42 bits per heavy atom. The predicted octanol–water partition coefficient (Wildman–Crippen LogP) is 1.96. The number of nitrogens with zero attached hydrogens (tertiary/aromatic N) is 1. The summed E-state index contributed by atoms with van der Waals surface area (Å²) in [6.07, 6.45) is 4.15. The number of aromatic nitrogens is 1. The summed E-state index contributed by atoms with van der Waals surface area (Å²) in [5.41, 5.74) is -0.305. The molecule has 0 aliphatic carbocycles. The first kappa shape index (κ1) is 15.9. The van der Waals surface area contributed by atoms with Crippen LogP contribution in [-0.4, -0.2) is 30.3 Å². The van der Waals surface area contributed by atoms with Crippen LogP contribution in [0.3, 0.4) is 0 Å². The molecule has 0 radical (unpaired) electrons. The van der Waals surface area contributed by atoms with Crippen molar-refractivity contribution in [3.63, 3.8) is 0 Å². The molecular weight excluding hydrogens is 264 g/mol. The van der Waals surface area contributed by atoms with Crippen LogP contribution in [0, 0.1) is 0 Å². The van der Waals surface area contributed by atoms with Gasteiger partial charge < -0.3 is 4.98 Å². The first-order valence-electron chi connectivity index (χ1n) is 6.60. The molecule has 1 N–H and O–H groups in total. The van der Waals surface area contributed by atoms with Crippen LogP contribution in [-0.2, 0) is 10.0 Å². The van der Waals surface area contributed by atoms with Crippen LogP contribution >= 0.6 is 0 Å². The topological polar surface area (TPSA) is 70.2 Å². The average molecular weight is 286 g/mol. The second-order valence-electron chi connectivity index (χ2n) is 4.81. The van der Waals surface area contributed by atoms with Crippen molar-refractivity contribution in [2.75, 3.05) is 6.54 Å². The van der Waals surface area contributed by atoms with E-state index in [0.717, 1.165) is 19.3 Å². The summed E-state index contributed by atoms with van der Waals surface area (Å²) in [5.74, 6) is 0. The SMILES string of the molecule is CCCCCN(C(C)C)S(=O)(=O)c1ccc(=O)[nH]c1. The van der Waals surface area contributed by atoms with Crippen LogP contribution in [0.2, 0.25) is 0 Å². The molecule has 1 aromatic heterocycles. The Hall–Kier alpha value is -1.14. The smallest absolute Gasteiger partial charge is 0.247 e. The largest absolute Gasteiger partial charge is 0.328 e. The molecule has 0 saturated carbocycles. The Bertz CT molecular complexity index is 529. The second kappa shape index (κ2) is 6.86. The third-order valence-electron chi connectivity index (χ3n) is 2.92. The summed E-state index contributed by atoms with van der Waals surface area (Å²) < 4.78 is 26.4. The highest BCUT2D eigenvalue weighted by Crippen LogP contribution is 2.17. The minimum atomic E-state index is -3.53. The van der Waals surface area contributed by atoms with Crippen LogP contribution < -0.4 is 5.56 Å². The molecule has 6 heteroatoms. The van der Waals surface area contributed by atoms with E-state index < -0.39 is 10.0 Å². The first-order valence-corrected chi connectivity index (χ1v) is 8.04. The molecule has 0 unspecified atom stereocenters. The average Bonchev–Trinajstić information content (AvgIpc) is 2.34. The number of H-pyrrole nitrogens is 1. The van der Waals surface area contributed by atoms with Crippen molar-refractivity contribution in [1.82, 2.24) is 9.29 Å². The predicted molar refractivity (Wildman–Crippen MR) is 75.6 cm³/mol. The van der Waals surface area contributed by atoms with E-state index in [0.29, 0.717) is 6.54 Å². The van der Waals surface area contributed by atoms with E-state index in [1.807, 2.05) is 13.8 Å². The highest BCUT2D eigenvalue weighted by molar-refractivity contribution is 7.89. The molecule has 0 bridgehead atoms. The monoisotopic (exact) mass is 286 g/mol. The summed E-state index contributed by atoms with van der Waals surface area (Å²) in [4.78, 5) is 13.5. The maximum atomic E-state index is 12.5. The molecule has 0 fully saturated rings. The van der Waals surface area contributed by atoms with Crippen molar-refractivity contribution in [3.05, 3.63) is 28.7 Å². The Labute approximate surface area is 114 Å². The fourth-order valence-electron chi connectivity index (χ4n) is 1.87. The van der Waals surface area contributed by atoms with Gasteiger partial charge in [0.2, 0.25) is 15.6 Å². The van der Waals surface area contributed by atoms with Crippen LogP contribution in [0.4, 0.5) is 0 Å². The molecule has 19 heavy (non-hydrogen) atoms. The number of rotatable bonds is 7. The standard InChI is InChI=1S/C13H22N2O3S/c1-4-5-6-9-15(11(2)3)19(17,18)12-7-8-13(16)14-10-12/h7-8,10-11H,4-6,9H2,1-3H3,(H,14,16). The molecule has 0 saturated heterocycles. The van der Waals surface area contributed by atoms with Crippen molar-refractivity contribution in [1.29, 1.82) is 0 Å². The molecule has 0 spiro atoms. The lowest BCUT2D eigenvalue weighted by molar-refractivity contribution is 0.345. The van der Waals surface area contributed by atoms with E-state index in [9.17, 15) is 13.2 Å². The van der Waals surface area contributed by atoms with Crippen molar-refractivity contribution in [2.45, 2.75) is 51.0 Å². The zero-order chi connectivity index (χ0) is 14.5. The summed E-state index contributed by atoms with van der Waals surface area (Å²) in [7, 11) is -3.53. The summed E-state index contributed by atoms with van der Waals surface area (Å²) in [6, 6.07) is 2.48. The van der Waals surface area contributed by atoms with Gasteiger partial charge in [-0.3, -0.25) is 4.79 Å². The van der Waals surface area contributed by atoms with Gasteiger partial charge in [0.25, 0.3) is 0 Å². The maximum Gasteiger partial charge on any atom is 0.247 e. The molecule has 0 aromatic carbocycles. The van der Waals surface area contributed by atoms with Crippen molar-refractivity contribution < 1.29 is 8.42 Å². The molecule has 0 aliphatic rings. The highest BCUT2D eigenvalue weighted by Gasteiger charge is 2.26. The van der Waals surface area contributed by atoms with Gasteiger partial charge in [-0.1, -0.05) is 19.8 Å². The molecule has 1 aromatic rings. The fraction of sp³-hybridized carbons (Fsp3) is 0.615. The lowest BCUT2D eigenvalue weighted by Crippen LogP contribution is -2.37. The Balaban J connectivity index is 2.99. The van der Waals surface area contributed by atoms with Gasteiger partial charge in [0, 0.05) is 24.8 Å². The Morgan fingerprint density at radius 2 is 1.95 bits per heavy atom. The molecule has 0 amide bonds. The zero-order valence-electron chi connectivity index (χ0n) is 11.7. The molecule has 0 atom stereocenters. The second-order valence-corrected chi connectivity index (χ2v) is 6.70. The summed E-state index contributed by atoms with van der Waals surface area (Å²) in [6.45, 7) is 6.30. The minimum Gasteiger partial charge on any atom is -0.328 e. The van der Waals surface area contributed by atoms with Crippen molar-refractivity contribution in [2.24, 2.45) is 0 Å². The van der Waals surface area contributed by atoms with Gasteiger partial charge in [-0.2, -0.15) is 4.31 Å². The third kappa shape index (κ3) is 4.18. The molecule has 0 aliphatic heterocycles. The Morgan fingerprint density at radius 1 is 1.26 bits per heavy atom. The van der Waals surface area contributed by atoms with E-state index in [1.165, 1.54) is 22.6 Å². The number of pyridine rings is 1. The van der Waals surface area contributed by atoms with Crippen molar-refractivity contribution in [3.8, 4) is 0 Å². The number of hydrogen-bond acceptors (Lipinski definition) is 3. The number of unbranched alkanes of at least 4 members (excludes halogenated alkanes) is 2. The van der Waals surface area contributed by atoms with E-state index in [1.54, 1.807) is 0 Å². The van der Waals surface area contributed by atoms with E-state index in [2.05, 4.69) is 11.9 Å². The summed E-state index contributed by atoms with van der Waals surface area (Å²) in [5, 5.41) is 0. The molecular formula is C13H22N2O3S. The van der Waals surface area contributed by atoms with Gasteiger partial charge in [0.1, 0.15) is 0 Å². The third-order valence-corrected chi connectivity index (χ3v) is 4.99. The Kier molecular flexibility index (Phi) is 5.75. The van der Waals surface area contributed by atoms with Crippen LogP contribution in [0.5, 0.6) is 0 Å². The van der Waals surface area contributed by atoms with Gasteiger partial charge in [-0.25, -0.2) is 8.42 Å². The zero-order valence-corrected chi connectivity index (χ0v) is 12.5. The van der Waals surface area contributed by atoms with Crippen LogP contribution in [0.1, 0.15) is 40.0 Å². The van der Waals surface area contributed by atoms with Crippen LogP contribution in [0.25, 0.3) is 0 Å². The number of nitrogens with one attached hydrogen (secondary N) is 1. The lowest BCUT2D eigenvalue weighted by atomic mass is 10.2. The molecule has 108 valence electrons. The quantitative estimate of drug-likeness (QED) is 0.779. The molecule has 1 rings (SSSR count). The lowest BCUT2D eigenvalue weighted by Gasteiger charge is -2.25. The van der Waals surface area contributed by atoms with Gasteiger partial charge in [-0.05, 0) is 26.3 Å².